The Morgan fingerprint density at radius 1 is 1.24 bits per heavy atom. The molecule has 0 spiro atoms. The Morgan fingerprint density at radius 3 is 2.29 bits per heavy atom. The van der Waals surface area contributed by atoms with Gasteiger partial charge < -0.3 is 4.90 Å². The molecule has 0 aromatic heterocycles. The molecule has 2 aliphatic rings. The highest BCUT2D eigenvalue weighted by Gasteiger charge is 2.33. The molecule has 0 radical (unpaired) electrons. The van der Waals surface area contributed by atoms with Crippen LogP contribution in [0.4, 0.5) is 5.69 Å². The first-order valence-corrected chi connectivity index (χ1v) is 8.07. The normalized spacial score (nSPS) is 17.6. The fourth-order valence-electron chi connectivity index (χ4n) is 2.46. The van der Waals surface area contributed by atoms with Gasteiger partial charge in [0.1, 0.15) is 4.47 Å². The highest BCUT2D eigenvalue weighted by atomic mass is 79.9. The zero-order valence-corrected chi connectivity index (χ0v) is 13.2. The van der Waals surface area contributed by atoms with E-state index in [0.29, 0.717) is 17.4 Å². The minimum Gasteiger partial charge on any atom is -0.338 e. The first kappa shape index (κ1) is 14.5. The van der Waals surface area contributed by atoms with Gasteiger partial charge in [0.25, 0.3) is 11.6 Å². The van der Waals surface area contributed by atoms with Crippen molar-refractivity contribution in [1.82, 2.24) is 4.90 Å². The average Bonchev–Trinajstić information content (AvgIpc) is 3.32. The van der Waals surface area contributed by atoms with Crippen LogP contribution in [-0.2, 0) is 0 Å². The standard InChI is InChI=1S/C15H17BrN2O3/c16-14-12(2-1-3-13(14)18(20)21)15(19)17(8-10-4-5-10)9-11-6-7-11/h1-3,10-11H,4-9H2. The largest absolute Gasteiger partial charge is 0.338 e. The van der Waals surface area contributed by atoms with Crippen molar-refractivity contribution in [2.45, 2.75) is 25.7 Å². The molecule has 2 saturated carbocycles. The molecule has 0 bridgehead atoms. The van der Waals surface area contributed by atoms with Crippen molar-refractivity contribution in [3.63, 3.8) is 0 Å². The van der Waals surface area contributed by atoms with E-state index in [0.717, 1.165) is 13.1 Å². The summed E-state index contributed by atoms with van der Waals surface area (Å²) in [6, 6.07) is 4.64. The number of hydrogen-bond acceptors (Lipinski definition) is 3. The van der Waals surface area contributed by atoms with Gasteiger partial charge in [0.15, 0.2) is 0 Å². The Kier molecular flexibility index (Phi) is 3.97. The number of hydrogen-bond donors (Lipinski definition) is 0. The lowest BCUT2D eigenvalue weighted by Crippen LogP contribution is -2.35. The third kappa shape index (κ3) is 3.43. The monoisotopic (exact) mass is 352 g/mol. The van der Waals surface area contributed by atoms with Gasteiger partial charge in [0.05, 0.1) is 10.5 Å². The van der Waals surface area contributed by atoms with Crippen molar-refractivity contribution in [2.75, 3.05) is 13.1 Å². The van der Waals surface area contributed by atoms with Crippen LogP contribution in [0.5, 0.6) is 0 Å². The van der Waals surface area contributed by atoms with E-state index < -0.39 is 4.92 Å². The van der Waals surface area contributed by atoms with Crippen LogP contribution in [0.1, 0.15) is 36.0 Å². The fourth-order valence-corrected chi connectivity index (χ4v) is 3.04. The molecule has 0 atom stereocenters. The summed E-state index contributed by atoms with van der Waals surface area (Å²) in [4.78, 5) is 25.2. The summed E-state index contributed by atoms with van der Waals surface area (Å²) < 4.78 is 0.289. The minimum atomic E-state index is -0.465. The van der Waals surface area contributed by atoms with E-state index in [-0.39, 0.29) is 16.1 Å². The second-order valence-electron chi connectivity index (χ2n) is 5.99. The van der Waals surface area contributed by atoms with Crippen molar-refractivity contribution in [1.29, 1.82) is 0 Å². The number of nitro groups is 1. The molecule has 0 heterocycles. The number of halogens is 1. The molecule has 0 unspecified atom stereocenters. The Hall–Kier alpha value is -1.43. The average molecular weight is 353 g/mol. The second-order valence-corrected chi connectivity index (χ2v) is 6.79. The maximum absolute atomic E-state index is 12.7. The highest BCUT2D eigenvalue weighted by Crippen LogP contribution is 2.35. The predicted octanol–water partition coefficient (Wildman–Crippen LogP) is 3.62. The van der Waals surface area contributed by atoms with Crippen molar-refractivity contribution in [2.24, 2.45) is 11.8 Å². The maximum Gasteiger partial charge on any atom is 0.284 e. The topological polar surface area (TPSA) is 63.4 Å². The summed E-state index contributed by atoms with van der Waals surface area (Å²) in [5.74, 6) is 1.14. The Labute approximate surface area is 131 Å². The van der Waals surface area contributed by atoms with Gasteiger partial charge in [-0.05, 0) is 59.5 Å². The lowest BCUT2D eigenvalue weighted by atomic mass is 10.1. The summed E-state index contributed by atoms with van der Waals surface area (Å²) in [7, 11) is 0. The quantitative estimate of drug-likeness (QED) is 0.580. The van der Waals surface area contributed by atoms with Gasteiger partial charge in [0, 0.05) is 19.2 Å². The van der Waals surface area contributed by atoms with Gasteiger partial charge in [0.2, 0.25) is 0 Å². The zero-order chi connectivity index (χ0) is 15.0. The number of carbonyl (C=O) groups is 1. The Balaban J connectivity index is 1.83. The molecular weight excluding hydrogens is 336 g/mol. The number of rotatable bonds is 6. The Morgan fingerprint density at radius 2 is 1.81 bits per heavy atom. The predicted molar refractivity (Wildman–Crippen MR) is 82.1 cm³/mol. The van der Waals surface area contributed by atoms with Gasteiger partial charge in [-0.15, -0.1) is 0 Å². The molecule has 0 aliphatic heterocycles. The molecule has 2 fully saturated rings. The first-order chi connectivity index (χ1) is 10.1. The Bertz CT molecular complexity index is 568. The molecule has 6 heteroatoms. The van der Waals surface area contributed by atoms with Crippen molar-refractivity contribution in [3.05, 3.63) is 38.3 Å². The molecular formula is C15H17BrN2O3. The van der Waals surface area contributed by atoms with E-state index in [1.807, 2.05) is 4.90 Å². The summed E-state index contributed by atoms with van der Waals surface area (Å²) in [5, 5.41) is 11.0. The van der Waals surface area contributed by atoms with Crippen molar-refractivity contribution in [3.8, 4) is 0 Å². The van der Waals surface area contributed by atoms with Crippen LogP contribution in [0.25, 0.3) is 0 Å². The van der Waals surface area contributed by atoms with Crippen LogP contribution in [0.15, 0.2) is 22.7 Å². The maximum atomic E-state index is 12.7. The van der Waals surface area contributed by atoms with E-state index >= 15 is 0 Å². The van der Waals surface area contributed by atoms with Crippen LogP contribution in [0, 0.1) is 22.0 Å². The van der Waals surface area contributed by atoms with Crippen LogP contribution < -0.4 is 0 Å². The molecule has 5 nitrogen and oxygen atoms in total. The molecule has 112 valence electrons. The summed E-state index contributed by atoms with van der Waals surface area (Å²) in [6.07, 6.45) is 4.74. The SMILES string of the molecule is O=C(c1cccc([N+](=O)[O-])c1Br)N(CC1CC1)CC1CC1. The summed E-state index contributed by atoms with van der Waals surface area (Å²) >= 11 is 3.23. The third-order valence-corrected chi connectivity index (χ3v) is 4.88. The number of nitrogens with zero attached hydrogens (tertiary/aromatic N) is 2. The van der Waals surface area contributed by atoms with Gasteiger partial charge in [-0.25, -0.2) is 0 Å². The molecule has 0 N–H and O–H groups in total. The first-order valence-electron chi connectivity index (χ1n) is 7.28. The minimum absolute atomic E-state index is 0.0568. The summed E-state index contributed by atoms with van der Waals surface area (Å²) in [6.45, 7) is 1.56. The summed E-state index contributed by atoms with van der Waals surface area (Å²) in [5.41, 5.74) is 0.337. The highest BCUT2D eigenvalue weighted by molar-refractivity contribution is 9.10. The molecule has 21 heavy (non-hydrogen) atoms. The molecule has 3 rings (SSSR count). The van der Waals surface area contributed by atoms with E-state index in [1.54, 1.807) is 12.1 Å². The number of benzene rings is 1. The van der Waals surface area contributed by atoms with E-state index in [9.17, 15) is 14.9 Å². The lowest BCUT2D eigenvalue weighted by molar-refractivity contribution is -0.385. The van der Waals surface area contributed by atoms with E-state index in [1.165, 1.54) is 31.7 Å². The molecule has 2 aliphatic carbocycles. The zero-order valence-electron chi connectivity index (χ0n) is 11.6. The van der Waals surface area contributed by atoms with Crippen LogP contribution in [0.2, 0.25) is 0 Å². The van der Waals surface area contributed by atoms with E-state index in [2.05, 4.69) is 15.9 Å². The van der Waals surface area contributed by atoms with E-state index in [4.69, 9.17) is 0 Å². The lowest BCUT2D eigenvalue weighted by Gasteiger charge is -2.23. The second kappa shape index (κ2) is 5.75. The molecule has 1 amide bonds. The number of nitro benzene ring substituents is 1. The van der Waals surface area contributed by atoms with Crippen molar-refractivity contribution >= 4 is 27.5 Å². The van der Waals surface area contributed by atoms with Crippen LogP contribution in [0.3, 0.4) is 0 Å². The smallest absolute Gasteiger partial charge is 0.284 e. The van der Waals surface area contributed by atoms with Crippen molar-refractivity contribution < 1.29 is 9.72 Å². The number of amides is 1. The molecule has 0 saturated heterocycles. The molecule has 1 aromatic rings. The van der Waals surface area contributed by atoms with Crippen LogP contribution in [-0.4, -0.2) is 28.8 Å². The third-order valence-electron chi connectivity index (χ3n) is 4.04. The van der Waals surface area contributed by atoms with Gasteiger partial charge >= 0.3 is 0 Å². The number of carbonyl (C=O) groups excluding carboxylic acids is 1. The van der Waals surface area contributed by atoms with Gasteiger partial charge in [-0.2, -0.15) is 0 Å². The fraction of sp³-hybridized carbons (Fsp3) is 0.533. The van der Waals surface area contributed by atoms with Gasteiger partial charge in [-0.1, -0.05) is 6.07 Å². The molecule has 1 aromatic carbocycles. The van der Waals surface area contributed by atoms with Gasteiger partial charge in [-0.3, -0.25) is 14.9 Å². The van der Waals surface area contributed by atoms with Crippen LogP contribution >= 0.6 is 15.9 Å².